The quantitative estimate of drug-likeness (QED) is 0.0970. The van der Waals surface area contributed by atoms with Gasteiger partial charge in [0, 0.05) is 66.8 Å². The van der Waals surface area contributed by atoms with Gasteiger partial charge in [-0.05, 0) is 20.8 Å². The fourth-order valence-corrected chi connectivity index (χ4v) is 7.69. The number of halogens is 18. The minimum Gasteiger partial charge on any atom is -0.373 e. The first-order chi connectivity index (χ1) is 20.8. The molecule has 0 N–H and O–H groups in total. The van der Waals surface area contributed by atoms with E-state index in [2.05, 4.69) is 26.6 Å². The molecule has 0 bridgehead atoms. The summed E-state index contributed by atoms with van der Waals surface area (Å²) in [5, 5.41) is 0. The number of hydrogen-bond acceptors (Lipinski definition) is 6. The molecule has 0 spiro atoms. The first kappa shape index (κ1) is 48.0. The molecule has 0 aliphatic heterocycles. The number of alkyl halides is 18. The number of hydrogen-bond donors (Lipinski definition) is 0. The highest BCUT2D eigenvalue weighted by Crippen LogP contribution is 2.54. The molecule has 0 saturated carbocycles. The highest BCUT2D eigenvalue weighted by atomic mass is 28.4. The smallest absolute Gasteiger partial charge is 0.373 e. The van der Waals surface area contributed by atoms with Crippen LogP contribution in [0, 0.1) is 0 Å². The Kier molecular flexibility index (Phi) is 17.1. The van der Waals surface area contributed by atoms with Crippen molar-refractivity contribution in [1.82, 2.24) is 0 Å². The topological polar surface area (TPSA) is 55.4 Å². The summed E-state index contributed by atoms with van der Waals surface area (Å²) < 4.78 is 263. The van der Waals surface area contributed by atoms with Crippen molar-refractivity contribution in [2.45, 2.75) is 93.6 Å². The minimum atomic E-state index is -6.18. The summed E-state index contributed by atoms with van der Waals surface area (Å²) in [6, 6.07) is 0. The van der Waals surface area contributed by atoms with E-state index in [1.54, 1.807) is 0 Å². The molecule has 0 aliphatic carbocycles. The molecule has 0 heterocycles. The maximum atomic E-state index is 14.4. The maximum Gasteiger partial charge on any atom is 0.582 e. The third-order valence-corrected chi connectivity index (χ3v) is 11.5. The van der Waals surface area contributed by atoms with Gasteiger partial charge in [0.2, 0.25) is 0 Å². The lowest BCUT2D eigenvalue weighted by atomic mass is 10.1. The lowest BCUT2D eigenvalue weighted by molar-refractivity contribution is -0.304. The zero-order chi connectivity index (χ0) is 38.2. The standard InChI is InChI=1S/C12H19F9O3Si.C9H13F9O3Si/c1-4-22-25(23-5-2,24-6-3)12(20,21)11(18,19)9(13,14)7-8-10(15,16)17;1-19-22(20-2,21-3)9(17,18)8(15,16)6(10,11)4-5-7(12,13)14/h4-8H2,1-3H3;4-5H2,1-3H3. The van der Waals surface area contributed by atoms with Gasteiger partial charge in [0.25, 0.3) is 0 Å². The van der Waals surface area contributed by atoms with Crippen LogP contribution in [0.5, 0.6) is 0 Å². The van der Waals surface area contributed by atoms with Crippen LogP contribution in [-0.4, -0.2) is 106 Å². The summed E-state index contributed by atoms with van der Waals surface area (Å²) in [4.78, 5) is 0. The Morgan fingerprint density at radius 2 is 0.617 bits per heavy atom. The molecule has 0 fully saturated rings. The maximum absolute atomic E-state index is 14.4. The van der Waals surface area contributed by atoms with Crippen molar-refractivity contribution in [3.05, 3.63) is 0 Å². The summed E-state index contributed by atoms with van der Waals surface area (Å²) in [5.41, 5.74) is -11.3. The average molecular weight is 779 g/mol. The molecule has 0 atom stereocenters. The van der Waals surface area contributed by atoms with Crippen molar-refractivity contribution in [2.75, 3.05) is 41.2 Å². The fraction of sp³-hybridized carbons (Fsp3) is 1.00. The van der Waals surface area contributed by atoms with Gasteiger partial charge >= 0.3 is 64.7 Å². The summed E-state index contributed by atoms with van der Waals surface area (Å²) in [6.45, 7) is 1.51. The molecule has 0 amide bonds. The molecular formula is C21H32F18O6Si2. The molecule has 0 aromatic rings. The van der Waals surface area contributed by atoms with Crippen molar-refractivity contribution in [3.63, 3.8) is 0 Å². The largest absolute Gasteiger partial charge is 0.582 e. The molecule has 0 aromatic heterocycles. The Morgan fingerprint density at radius 3 is 0.809 bits per heavy atom. The second-order valence-electron chi connectivity index (χ2n) is 8.96. The van der Waals surface area contributed by atoms with Gasteiger partial charge in [-0.3, -0.25) is 0 Å². The zero-order valence-corrected chi connectivity index (χ0v) is 27.2. The van der Waals surface area contributed by atoms with Gasteiger partial charge < -0.3 is 26.6 Å². The molecule has 0 aliphatic rings. The Morgan fingerprint density at radius 1 is 0.383 bits per heavy atom. The normalized spacial score (nSPS) is 15.1. The van der Waals surface area contributed by atoms with Crippen LogP contribution in [0.1, 0.15) is 46.5 Å². The van der Waals surface area contributed by atoms with Gasteiger partial charge in [-0.1, -0.05) is 0 Å². The van der Waals surface area contributed by atoms with E-state index in [0.717, 1.165) is 20.8 Å². The highest BCUT2D eigenvalue weighted by molar-refractivity contribution is 6.64. The van der Waals surface area contributed by atoms with Crippen LogP contribution < -0.4 is 0 Å². The Labute approximate surface area is 258 Å². The van der Waals surface area contributed by atoms with Crippen LogP contribution in [0.25, 0.3) is 0 Å². The molecule has 0 unspecified atom stereocenters. The van der Waals surface area contributed by atoms with E-state index in [0.29, 0.717) is 21.3 Å². The summed E-state index contributed by atoms with van der Waals surface area (Å²) >= 11 is 0. The van der Waals surface area contributed by atoms with Crippen LogP contribution in [0.2, 0.25) is 0 Å². The van der Waals surface area contributed by atoms with Crippen molar-refractivity contribution in [2.24, 2.45) is 0 Å². The van der Waals surface area contributed by atoms with E-state index in [-0.39, 0.29) is 0 Å². The summed E-state index contributed by atoms with van der Waals surface area (Å²) in [7, 11) is -9.89. The fourth-order valence-electron chi connectivity index (χ4n) is 3.36. The first-order valence-corrected chi connectivity index (χ1v) is 16.2. The van der Waals surface area contributed by atoms with Crippen LogP contribution in [-0.2, 0) is 26.6 Å². The minimum absolute atomic E-state index is 0.469. The lowest BCUT2D eigenvalue weighted by Gasteiger charge is -2.40. The van der Waals surface area contributed by atoms with Crippen LogP contribution in [0.3, 0.4) is 0 Å². The van der Waals surface area contributed by atoms with Gasteiger partial charge in [-0.2, -0.15) is 79.0 Å². The van der Waals surface area contributed by atoms with E-state index in [9.17, 15) is 79.0 Å². The van der Waals surface area contributed by atoms with E-state index in [1.807, 2.05) is 0 Å². The SMILES string of the molecule is CCO[Si](OCC)(OCC)C(F)(F)C(F)(F)C(F)(F)CCC(F)(F)F.CO[Si](OC)(OC)C(F)(F)C(F)(F)C(F)(F)CCC(F)(F)F. The molecule has 0 rings (SSSR count). The predicted molar refractivity (Wildman–Crippen MR) is 128 cm³/mol. The molecule has 286 valence electrons. The Bertz CT molecular complexity index is 904. The zero-order valence-electron chi connectivity index (χ0n) is 25.2. The van der Waals surface area contributed by atoms with Crippen molar-refractivity contribution in [1.29, 1.82) is 0 Å². The second kappa shape index (κ2) is 16.8. The monoisotopic (exact) mass is 778 g/mol. The van der Waals surface area contributed by atoms with Crippen molar-refractivity contribution < 1.29 is 106 Å². The first-order valence-electron chi connectivity index (χ1n) is 12.8. The lowest BCUT2D eigenvalue weighted by Crippen LogP contribution is -2.72. The Balaban J connectivity index is 0. The van der Waals surface area contributed by atoms with E-state index in [4.69, 9.17) is 0 Å². The molecule has 6 nitrogen and oxygen atoms in total. The van der Waals surface area contributed by atoms with Crippen LogP contribution >= 0.6 is 0 Å². The van der Waals surface area contributed by atoms with E-state index >= 15 is 0 Å². The van der Waals surface area contributed by atoms with E-state index in [1.165, 1.54) is 0 Å². The third-order valence-electron chi connectivity index (χ3n) is 5.73. The van der Waals surface area contributed by atoms with Gasteiger partial charge in [-0.25, -0.2) is 0 Å². The van der Waals surface area contributed by atoms with E-state index < -0.39 is 110 Å². The predicted octanol–water partition coefficient (Wildman–Crippen LogP) is 8.47. The van der Waals surface area contributed by atoms with Crippen molar-refractivity contribution >= 4 is 17.6 Å². The molecule has 0 saturated heterocycles. The number of rotatable bonds is 19. The third kappa shape index (κ3) is 10.7. The van der Waals surface area contributed by atoms with Gasteiger partial charge in [0.05, 0.1) is 0 Å². The average Bonchev–Trinajstić information content (AvgIpc) is 2.91. The molecule has 47 heavy (non-hydrogen) atoms. The molecule has 0 aromatic carbocycles. The highest BCUT2D eigenvalue weighted by Gasteiger charge is 2.85. The second-order valence-corrected chi connectivity index (χ2v) is 14.5. The summed E-state index contributed by atoms with van der Waals surface area (Å²) in [5.74, 6) is -23.7. The van der Waals surface area contributed by atoms with Crippen LogP contribution in [0.15, 0.2) is 0 Å². The summed E-state index contributed by atoms with van der Waals surface area (Å²) in [6.07, 6.45) is -20.2. The van der Waals surface area contributed by atoms with Gasteiger partial charge in [-0.15, -0.1) is 0 Å². The molecular weight excluding hydrogens is 746 g/mol. The van der Waals surface area contributed by atoms with Crippen molar-refractivity contribution in [3.8, 4) is 0 Å². The Hall–Kier alpha value is -1.07. The van der Waals surface area contributed by atoms with Gasteiger partial charge in [0.1, 0.15) is 0 Å². The molecule has 0 radical (unpaired) electrons. The van der Waals surface area contributed by atoms with Crippen LogP contribution in [0.4, 0.5) is 79.0 Å². The molecule has 26 heteroatoms. The van der Waals surface area contributed by atoms with Gasteiger partial charge in [0.15, 0.2) is 0 Å².